The van der Waals surface area contributed by atoms with Crippen LogP contribution in [-0.4, -0.2) is 33.5 Å². The highest BCUT2D eigenvalue weighted by Gasteiger charge is 2.27. The first-order valence-electron chi connectivity index (χ1n) is 7.27. The van der Waals surface area contributed by atoms with Gasteiger partial charge >= 0.3 is 0 Å². The van der Waals surface area contributed by atoms with Gasteiger partial charge in [0.1, 0.15) is 12.4 Å². The van der Waals surface area contributed by atoms with Gasteiger partial charge in [-0.2, -0.15) is 0 Å². The number of aromatic nitrogens is 2. The number of guanidine groups is 1. The molecule has 3 rings (SSSR count). The molecule has 0 aliphatic heterocycles. The summed E-state index contributed by atoms with van der Waals surface area (Å²) in [6.07, 6.45) is 2.43. The van der Waals surface area contributed by atoms with Crippen LogP contribution in [0.4, 0.5) is 0 Å². The quantitative estimate of drug-likeness (QED) is 0.417. The molecule has 0 amide bonds. The van der Waals surface area contributed by atoms with Gasteiger partial charge in [0.2, 0.25) is 0 Å². The minimum Gasteiger partial charge on any atom is -0.370 e. The van der Waals surface area contributed by atoms with Gasteiger partial charge in [-0.1, -0.05) is 15.9 Å². The van der Waals surface area contributed by atoms with Crippen LogP contribution in [0.2, 0.25) is 0 Å². The fourth-order valence-electron chi connectivity index (χ4n) is 2.54. The molecule has 7 heteroatoms. The summed E-state index contributed by atoms with van der Waals surface area (Å²) >= 11 is 3.49. The zero-order chi connectivity index (χ0) is 15.0. The Morgan fingerprint density at radius 2 is 2.23 bits per heavy atom. The Morgan fingerprint density at radius 1 is 1.50 bits per heavy atom. The molecule has 0 bridgehead atoms. The summed E-state index contributed by atoms with van der Waals surface area (Å²) in [5, 5.41) is 0. The second kappa shape index (κ2) is 7.16. The minimum atomic E-state index is 0. The van der Waals surface area contributed by atoms with Gasteiger partial charge in [0.25, 0.3) is 0 Å². The zero-order valence-electron chi connectivity index (χ0n) is 12.8. The smallest absolute Gasteiger partial charge is 0.191 e. The van der Waals surface area contributed by atoms with Gasteiger partial charge in [-0.25, -0.2) is 9.98 Å². The minimum absolute atomic E-state index is 0. The molecular formula is C15H21BrIN5. The van der Waals surface area contributed by atoms with Gasteiger partial charge in [0.15, 0.2) is 5.96 Å². The van der Waals surface area contributed by atoms with Crippen LogP contribution in [0, 0.1) is 0 Å². The van der Waals surface area contributed by atoms with Crippen LogP contribution in [0.15, 0.2) is 27.7 Å². The van der Waals surface area contributed by atoms with Crippen molar-refractivity contribution < 1.29 is 0 Å². The van der Waals surface area contributed by atoms with Gasteiger partial charge in [-0.15, -0.1) is 24.0 Å². The molecule has 0 saturated heterocycles. The number of nitrogens with two attached hydrogens (primary N) is 1. The van der Waals surface area contributed by atoms with E-state index >= 15 is 0 Å². The van der Waals surface area contributed by atoms with E-state index in [0.717, 1.165) is 27.9 Å². The molecule has 0 unspecified atom stereocenters. The Kier molecular flexibility index (Phi) is 5.70. The van der Waals surface area contributed by atoms with Crippen molar-refractivity contribution in [2.75, 3.05) is 7.05 Å². The summed E-state index contributed by atoms with van der Waals surface area (Å²) in [5.41, 5.74) is 8.18. The highest BCUT2D eigenvalue weighted by Crippen LogP contribution is 2.25. The second-order valence-corrected chi connectivity index (χ2v) is 6.34. The molecule has 1 heterocycles. The van der Waals surface area contributed by atoms with E-state index in [4.69, 9.17) is 5.73 Å². The summed E-state index contributed by atoms with van der Waals surface area (Å²) in [6, 6.07) is 6.74. The maximum absolute atomic E-state index is 6.05. The van der Waals surface area contributed by atoms with Crippen LogP contribution < -0.4 is 5.73 Å². The molecule has 1 aromatic carbocycles. The molecule has 120 valence electrons. The molecule has 2 aromatic rings. The lowest BCUT2D eigenvalue weighted by Gasteiger charge is -2.16. The third-order valence-electron chi connectivity index (χ3n) is 3.94. The number of imidazole rings is 1. The molecule has 1 fully saturated rings. The average molecular weight is 478 g/mol. The zero-order valence-corrected chi connectivity index (χ0v) is 16.7. The Morgan fingerprint density at radius 3 is 2.86 bits per heavy atom. The molecule has 0 atom stereocenters. The number of aliphatic imine (C=N–C) groups is 1. The number of hydrogen-bond donors (Lipinski definition) is 1. The van der Waals surface area contributed by atoms with Crippen LogP contribution in [-0.2, 0) is 13.1 Å². The van der Waals surface area contributed by atoms with E-state index in [1.807, 2.05) is 19.2 Å². The van der Waals surface area contributed by atoms with Crippen molar-refractivity contribution in [3.63, 3.8) is 0 Å². The standard InChI is InChI=1S/C15H20BrN5.HI/c1-3-21-13-7-4-10(16)8-12(13)19-14(21)9-18-15(17)20(2)11-5-6-11;/h4,7-8,11H,3,5-6,9H2,1-2H3,(H2,17,18);1H. The SMILES string of the molecule is CCn1c(CN=C(N)N(C)C2CC2)nc2cc(Br)ccc21.I. The largest absolute Gasteiger partial charge is 0.370 e. The number of hydrogen-bond acceptors (Lipinski definition) is 2. The summed E-state index contributed by atoms with van der Waals surface area (Å²) in [4.78, 5) is 11.3. The monoisotopic (exact) mass is 477 g/mol. The Hall–Kier alpha value is -0.830. The first kappa shape index (κ1) is 17.5. The van der Waals surface area contributed by atoms with E-state index < -0.39 is 0 Å². The predicted octanol–water partition coefficient (Wildman–Crippen LogP) is 3.35. The molecule has 0 spiro atoms. The van der Waals surface area contributed by atoms with Crippen LogP contribution >= 0.6 is 39.9 Å². The van der Waals surface area contributed by atoms with Crippen molar-refractivity contribution in [1.29, 1.82) is 0 Å². The van der Waals surface area contributed by atoms with E-state index in [0.29, 0.717) is 18.5 Å². The summed E-state index contributed by atoms with van der Waals surface area (Å²) < 4.78 is 3.23. The van der Waals surface area contributed by atoms with Crippen molar-refractivity contribution in [2.45, 2.75) is 38.9 Å². The van der Waals surface area contributed by atoms with Crippen molar-refractivity contribution in [3.8, 4) is 0 Å². The topological polar surface area (TPSA) is 59.4 Å². The lowest BCUT2D eigenvalue weighted by molar-refractivity contribution is 0.486. The molecule has 1 aromatic heterocycles. The highest BCUT2D eigenvalue weighted by atomic mass is 127. The number of halogens is 2. The molecule has 5 nitrogen and oxygen atoms in total. The molecule has 1 aliphatic carbocycles. The second-order valence-electron chi connectivity index (χ2n) is 5.42. The molecule has 0 radical (unpaired) electrons. The van der Waals surface area contributed by atoms with Crippen LogP contribution in [0.5, 0.6) is 0 Å². The molecule has 2 N–H and O–H groups in total. The van der Waals surface area contributed by atoms with Crippen LogP contribution in [0.1, 0.15) is 25.6 Å². The number of aryl methyl sites for hydroxylation is 1. The van der Waals surface area contributed by atoms with E-state index in [1.165, 1.54) is 12.8 Å². The average Bonchev–Trinajstić information content (AvgIpc) is 3.25. The first-order valence-corrected chi connectivity index (χ1v) is 8.07. The van der Waals surface area contributed by atoms with Crippen molar-refractivity contribution in [2.24, 2.45) is 10.7 Å². The summed E-state index contributed by atoms with van der Waals surface area (Å²) in [5.74, 6) is 1.56. The van der Waals surface area contributed by atoms with Crippen molar-refractivity contribution in [3.05, 3.63) is 28.5 Å². The van der Waals surface area contributed by atoms with Crippen LogP contribution in [0.3, 0.4) is 0 Å². The molecule has 22 heavy (non-hydrogen) atoms. The Balaban J connectivity index is 0.00000176. The number of benzene rings is 1. The van der Waals surface area contributed by atoms with E-state index in [9.17, 15) is 0 Å². The van der Waals surface area contributed by atoms with Crippen molar-refractivity contribution in [1.82, 2.24) is 14.5 Å². The lowest BCUT2D eigenvalue weighted by Crippen LogP contribution is -2.35. The van der Waals surface area contributed by atoms with Gasteiger partial charge in [-0.05, 0) is 38.0 Å². The maximum Gasteiger partial charge on any atom is 0.191 e. The van der Waals surface area contributed by atoms with E-state index in [-0.39, 0.29) is 24.0 Å². The summed E-state index contributed by atoms with van der Waals surface area (Å²) in [7, 11) is 2.01. The fourth-order valence-corrected chi connectivity index (χ4v) is 2.89. The predicted molar refractivity (Wildman–Crippen MR) is 105 cm³/mol. The van der Waals surface area contributed by atoms with E-state index in [1.54, 1.807) is 0 Å². The summed E-state index contributed by atoms with van der Waals surface area (Å²) in [6.45, 7) is 3.51. The van der Waals surface area contributed by atoms with Gasteiger partial charge in [0, 0.05) is 24.1 Å². The van der Waals surface area contributed by atoms with E-state index in [2.05, 4.69) is 48.4 Å². The highest BCUT2D eigenvalue weighted by molar-refractivity contribution is 14.0. The number of fused-ring (bicyclic) bond motifs is 1. The third kappa shape index (κ3) is 3.56. The molecular weight excluding hydrogens is 457 g/mol. The Labute approximate surface area is 156 Å². The van der Waals surface area contributed by atoms with Gasteiger partial charge in [-0.3, -0.25) is 0 Å². The normalized spacial score (nSPS) is 15.0. The third-order valence-corrected chi connectivity index (χ3v) is 4.44. The molecule has 1 aliphatic rings. The Bertz CT molecular complexity index is 693. The molecule has 1 saturated carbocycles. The van der Waals surface area contributed by atoms with Crippen molar-refractivity contribution >= 4 is 56.9 Å². The fraction of sp³-hybridized carbons (Fsp3) is 0.467. The first-order chi connectivity index (χ1) is 10.1. The van der Waals surface area contributed by atoms with Gasteiger partial charge in [0.05, 0.1) is 11.0 Å². The van der Waals surface area contributed by atoms with Gasteiger partial charge < -0.3 is 15.2 Å². The maximum atomic E-state index is 6.05. The number of rotatable bonds is 4. The lowest BCUT2D eigenvalue weighted by atomic mass is 10.3. The van der Waals surface area contributed by atoms with Crippen LogP contribution in [0.25, 0.3) is 11.0 Å². The number of nitrogens with zero attached hydrogens (tertiary/aromatic N) is 4.